The third kappa shape index (κ3) is 7.28. The van der Waals surface area contributed by atoms with Gasteiger partial charge >= 0.3 is 7.12 Å². The number of hydrogen-bond acceptors (Lipinski definition) is 6. The summed E-state index contributed by atoms with van der Waals surface area (Å²) in [5.41, 5.74) is 8.73. The zero-order valence-electron chi connectivity index (χ0n) is 34.9. The van der Waals surface area contributed by atoms with E-state index in [0.29, 0.717) is 11.6 Å². The normalized spacial score (nSPS) is 14.3. The molecule has 1 fully saturated rings. The lowest BCUT2D eigenvalue weighted by Gasteiger charge is -2.32. The minimum atomic E-state index is -0.377. The Morgan fingerprint density at radius 1 is 0.403 bits per heavy atom. The van der Waals surface area contributed by atoms with Crippen LogP contribution < -0.4 is 5.46 Å². The molecule has 3 heterocycles. The lowest BCUT2D eigenvalue weighted by molar-refractivity contribution is 0.00578. The van der Waals surface area contributed by atoms with Gasteiger partial charge in [-0.1, -0.05) is 182 Å². The van der Waals surface area contributed by atoms with E-state index in [4.69, 9.17) is 25.9 Å². The predicted octanol–water partition coefficient (Wildman–Crippen LogP) is 13.2. The molecule has 0 N–H and O–H groups in total. The molecule has 300 valence electrons. The predicted molar refractivity (Wildman–Crippen MR) is 257 cm³/mol. The second kappa shape index (κ2) is 15.9. The van der Waals surface area contributed by atoms with Crippen LogP contribution in [0.25, 0.3) is 88.4 Å². The van der Waals surface area contributed by atoms with Crippen molar-refractivity contribution in [2.24, 2.45) is 0 Å². The van der Waals surface area contributed by atoms with E-state index >= 15 is 0 Å². The Hall–Kier alpha value is -6.77. The van der Waals surface area contributed by atoms with Gasteiger partial charge in [-0.25, -0.2) is 9.97 Å². The molecule has 0 atom stereocenters. The number of rotatable bonds is 5. The maximum atomic E-state index is 6.30. The molecular weight excluding hydrogens is 783 g/mol. The number of nitrogens with zero attached hydrogens (tertiary/aromatic N) is 4. The van der Waals surface area contributed by atoms with Crippen molar-refractivity contribution in [2.75, 3.05) is 0 Å². The highest BCUT2D eigenvalue weighted by atomic mass is 35.5. The van der Waals surface area contributed by atoms with Gasteiger partial charge in [0.1, 0.15) is 0 Å². The summed E-state index contributed by atoms with van der Waals surface area (Å²) < 4.78 is 12.6. The van der Waals surface area contributed by atoms with E-state index in [0.717, 1.165) is 55.1 Å². The van der Waals surface area contributed by atoms with E-state index in [-0.39, 0.29) is 23.6 Å². The number of aromatic nitrogens is 4. The summed E-state index contributed by atoms with van der Waals surface area (Å²) in [7, 11) is -0.377. The van der Waals surface area contributed by atoms with Gasteiger partial charge in [0, 0.05) is 38.2 Å². The zero-order valence-corrected chi connectivity index (χ0v) is 35.6. The molecule has 1 aliphatic rings. The van der Waals surface area contributed by atoms with E-state index in [2.05, 4.69) is 158 Å². The van der Waals surface area contributed by atoms with Crippen LogP contribution >= 0.6 is 11.6 Å². The molecule has 2 aromatic heterocycles. The molecule has 8 aromatic carbocycles. The Morgan fingerprint density at radius 3 is 1.47 bits per heavy atom. The first kappa shape index (κ1) is 39.4. The van der Waals surface area contributed by atoms with Crippen LogP contribution in [0, 0.1) is 0 Å². The molecule has 0 saturated carbocycles. The standard InChI is InChI=1S/C33H28BNO2.C21H14ClN3/c1-32(2)33(3,4)37-34(36-32)24-17-13-23(14-18-24)29-27-19-15-21-9-5-7-11-25(21)30(27)35-31-26-12-8-6-10-22(26)16-20-28(29)31;22-21-24-19(16-11-5-2-6-12-16)23-20(25-21)18-14-8-7-13-17(18)15-9-3-1-4-10-15/h5-20H,1-4H3;1-14H. The highest BCUT2D eigenvalue weighted by Gasteiger charge is 2.51. The van der Waals surface area contributed by atoms with Gasteiger partial charge in [-0.3, -0.25) is 0 Å². The first-order valence-corrected chi connectivity index (χ1v) is 21.2. The van der Waals surface area contributed by atoms with E-state index in [9.17, 15) is 0 Å². The second-order valence-corrected chi connectivity index (χ2v) is 16.9. The van der Waals surface area contributed by atoms with Crippen LogP contribution in [-0.2, 0) is 9.31 Å². The Labute approximate surface area is 366 Å². The van der Waals surface area contributed by atoms with Crippen molar-refractivity contribution in [1.29, 1.82) is 0 Å². The quantitative estimate of drug-likeness (QED) is 0.0978. The summed E-state index contributed by atoms with van der Waals surface area (Å²) in [6.07, 6.45) is 0. The Morgan fingerprint density at radius 2 is 0.887 bits per heavy atom. The molecule has 6 nitrogen and oxygen atoms in total. The first-order valence-electron chi connectivity index (χ1n) is 20.8. The van der Waals surface area contributed by atoms with Gasteiger partial charge < -0.3 is 9.31 Å². The third-order valence-corrected chi connectivity index (χ3v) is 12.4. The average molecular weight is 825 g/mol. The molecule has 1 aliphatic heterocycles. The van der Waals surface area contributed by atoms with Crippen molar-refractivity contribution < 1.29 is 9.31 Å². The minimum Gasteiger partial charge on any atom is -0.399 e. The van der Waals surface area contributed by atoms with Crippen molar-refractivity contribution in [1.82, 2.24) is 19.9 Å². The fourth-order valence-corrected chi connectivity index (χ4v) is 8.40. The van der Waals surface area contributed by atoms with Crippen molar-refractivity contribution >= 4 is 67.5 Å². The Kier molecular flexibility index (Phi) is 10.1. The van der Waals surface area contributed by atoms with E-state index in [1.165, 1.54) is 27.1 Å². The largest absolute Gasteiger partial charge is 0.494 e. The monoisotopic (exact) mass is 824 g/mol. The zero-order chi connectivity index (χ0) is 42.4. The molecule has 62 heavy (non-hydrogen) atoms. The van der Waals surface area contributed by atoms with Crippen LogP contribution in [0.3, 0.4) is 0 Å². The van der Waals surface area contributed by atoms with E-state index < -0.39 is 0 Å². The Balaban J connectivity index is 0.000000160. The number of pyridine rings is 1. The molecule has 8 heteroatoms. The van der Waals surface area contributed by atoms with Crippen molar-refractivity contribution in [3.8, 4) is 45.0 Å². The van der Waals surface area contributed by atoms with Gasteiger partial charge in [0.25, 0.3) is 0 Å². The van der Waals surface area contributed by atoms with Gasteiger partial charge in [0.05, 0.1) is 22.2 Å². The van der Waals surface area contributed by atoms with Crippen molar-refractivity contribution in [2.45, 2.75) is 38.9 Å². The van der Waals surface area contributed by atoms with Crippen LogP contribution in [0.4, 0.5) is 0 Å². The number of benzene rings is 8. The maximum Gasteiger partial charge on any atom is 0.494 e. The summed E-state index contributed by atoms with van der Waals surface area (Å²) in [6.45, 7) is 8.35. The molecule has 0 bridgehead atoms. The van der Waals surface area contributed by atoms with E-state index in [1.54, 1.807) is 0 Å². The lowest BCUT2D eigenvalue weighted by atomic mass is 9.78. The summed E-state index contributed by atoms with van der Waals surface area (Å²) in [5, 5.41) is 7.24. The van der Waals surface area contributed by atoms with Gasteiger partial charge in [-0.2, -0.15) is 9.97 Å². The first-order chi connectivity index (χ1) is 30.1. The fourth-order valence-electron chi connectivity index (χ4n) is 8.24. The Bertz CT molecular complexity index is 3160. The van der Waals surface area contributed by atoms with Crippen LogP contribution in [0.5, 0.6) is 0 Å². The lowest BCUT2D eigenvalue weighted by Crippen LogP contribution is -2.41. The van der Waals surface area contributed by atoms with Gasteiger partial charge in [0.2, 0.25) is 5.28 Å². The maximum absolute atomic E-state index is 6.30. The van der Waals surface area contributed by atoms with Crippen LogP contribution in [0.2, 0.25) is 5.28 Å². The van der Waals surface area contributed by atoms with Gasteiger partial charge in [-0.15, -0.1) is 0 Å². The fraction of sp³-hybridized carbons (Fsp3) is 0.111. The van der Waals surface area contributed by atoms with E-state index in [1.807, 2.05) is 66.7 Å². The highest BCUT2D eigenvalue weighted by Crippen LogP contribution is 2.41. The number of fused-ring (bicyclic) bond motifs is 6. The van der Waals surface area contributed by atoms with Crippen molar-refractivity contribution in [3.63, 3.8) is 0 Å². The van der Waals surface area contributed by atoms with Crippen LogP contribution in [-0.4, -0.2) is 38.3 Å². The SMILES string of the molecule is CC1(C)OB(c2ccc(-c3c4ccc5ccccc5c4nc4c3ccc3ccccc34)cc2)OC1(C)C.Clc1nc(-c2ccccc2)nc(-c2ccccc2-c2ccccc2)n1. The molecule has 0 spiro atoms. The molecule has 1 saturated heterocycles. The van der Waals surface area contributed by atoms with Crippen LogP contribution in [0.15, 0.2) is 182 Å². The summed E-state index contributed by atoms with van der Waals surface area (Å²) >= 11 is 6.19. The summed E-state index contributed by atoms with van der Waals surface area (Å²) in [4.78, 5) is 18.6. The molecule has 11 rings (SSSR count). The third-order valence-electron chi connectivity index (χ3n) is 12.2. The molecule has 0 radical (unpaired) electrons. The second-order valence-electron chi connectivity index (χ2n) is 16.6. The molecular formula is C54H42BClN4O2. The topological polar surface area (TPSA) is 70.0 Å². The number of halogens is 1. The smallest absolute Gasteiger partial charge is 0.399 e. The summed E-state index contributed by atoms with van der Waals surface area (Å²) in [5.74, 6) is 1.14. The minimum absolute atomic E-state index is 0.187. The molecule has 0 unspecified atom stereocenters. The molecule has 10 aromatic rings. The number of hydrogen-bond donors (Lipinski definition) is 0. The average Bonchev–Trinajstić information content (AvgIpc) is 3.54. The van der Waals surface area contributed by atoms with Gasteiger partial charge in [0.15, 0.2) is 11.6 Å². The molecule has 0 amide bonds. The van der Waals surface area contributed by atoms with Crippen molar-refractivity contribution in [3.05, 3.63) is 187 Å². The molecule has 0 aliphatic carbocycles. The highest BCUT2D eigenvalue weighted by molar-refractivity contribution is 6.62. The van der Waals surface area contributed by atoms with Crippen LogP contribution in [0.1, 0.15) is 27.7 Å². The van der Waals surface area contributed by atoms with Gasteiger partial charge in [-0.05, 0) is 72.2 Å². The summed E-state index contributed by atoms with van der Waals surface area (Å²) in [6, 6.07) is 62.5.